The van der Waals surface area contributed by atoms with Crippen LogP contribution in [0.25, 0.3) is 0 Å². The molecule has 2 amide bonds. The number of hydrogen-bond donors (Lipinski definition) is 2. The van der Waals surface area contributed by atoms with Crippen molar-refractivity contribution in [2.75, 3.05) is 12.4 Å². The molecule has 8 nitrogen and oxygen atoms in total. The van der Waals surface area contributed by atoms with E-state index in [9.17, 15) is 24.3 Å². The number of rotatable bonds is 5. The van der Waals surface area contributed by atoms with E-state index in [2.05, 4.69) is 5.32 Å². The average Bonchev–Trinajstić information content (AvgIpc) is 2.48. The Hall–Kier alpha value is -1.45. The van der Waals surface area contributed by atoms with E-state index in [4.69, 9.17) is 27.9 Å². The number of carbonyl (C=O) groups is 4. The molecule has 0 radical (unpaired) electrons. The van der Waals surface area contributed by atoms with E-state index in [0.29, 0.717) is 5.57 Å². The minimum Gasteiger partial charge on any atom is -0.477 e. The molecule has 2 aliphatic heterocycles. The van der Waals surface area contributed by atoms with Crippen LogP contribution in [0.2, 0.25) is 0 Å². The van der Waals surface area contributed by atoms with E-state index < -0.39 is 40.0 Å². The highest BCUT2D eigenvalue weighted by Gasteiger charge is 2.54. The van der Waals surface area contributed by atoms with Crippen molar-refractivity contribution in [2.24, 2.45) is 0 Å². The first kappa shape index (κ1) is 17.9. The number of aliphatic carboxylic acids is 1. The molecule has 2 heterocycles. The Morgan fingerprint density at radius 2 is 2.13 bits per heavy atom. The Morgan fingerprint density at radius 3 is 2.65 bits per heavy atom. The largest absolute Gasteiger partial charge is 0.477 e. The molecule has 0 spiro atoms. The maximum atomic E-state index is 12.2. The van der Waals surface area contributed by atoms with E-state index in [1.807, 2.05) is 0 Å². The number of carboxylic acid groups (broad SMARTS) is 1. The number of halogens is 2. The summed E-state index contributed by atoms with van der Waals surface area (Å²) in [5.74, 6) is -2.91. The van der Waals surface area contributed by atoms with Crippen molar-refractivity contribution in [3.05, 3.63) is 11.3 Å². The van der Waals surface area contributed by atoms with Crippen LogP contribution in [0.3, 0.4) is 0 Å². The Labute approximate surface area is 145 Å². The van der Waals surface area contributed by atoms with Crippen molar-refractivity contribution in [2.45, 2.75) is 23.2 Å². The highest BCUT2D eigenvalue weighted by molar-refractivity contribution is 8.00. The van der Waals surface area contributed by atoms with Gasteiger partial charge in [0.25, 0.3) is 11.8 Å². The van der Waals surface area contributed by atoms with Gasteiger partial charge in [-0.3, -0.25) is 19.3 Å². The maximum Gasteiger partial charge on any atom is 0.352 e. The summed E-state index contributed by atoms with van der Waals surface area (Å²) in [4.78, 5) is 45.7. The van der Waals surface area contributed by atoms with Crippen molar-refractivity contribution < 1.29 is 29.0 Å². The zero-order valence-corrected chi connectivity index (χ0v) is 14.1. The molecule has 2 atom stereocenters. The molecule has 126 valence electrons. The second kappa shape index (κ2) is 6.98. The number of β-lactam (4-membered cyclic amide) rings is 1. The maximum absolute atomic E-state index is 12.2. The van der Waals surface area contributed by atoms with Gasteiger partial charge in [0.2, 0.25) is 0 Å². The van der Waals surface area contributed by atoms with Gasteiger partial charge in [-0.05, 0) is 0 Å². The summed E-state index contributed by atoms with van der Waals surface area (Å²) >= 11 is 12.1. The predicted molar refractivity (Wildman–Crippen MR) is 81.8 cm³/mol. The number of nitrogens with one attached hydrogen (secondary N) is 1. The Bertz CT molecular complexity index is 608. The van der Waals surface area contributed by atoms with Crippen LogP contribution in [-0.2, 0) is 23.9 Å². The lowest BCUT2D eigenvalue weighted by Crippen LogP contribution is -2.71. The Morgan fingerprint density at radius 1 is 1.48 bits per heavy atom. The summed E-state index contributed by atoms with van der Waals surface area (Å²) in [5, 5.41) is 11.1. The molecule has 1 fully saturated rings. The molecule has 11 heteroatoms. The molecule has 1 unspecified atom stereocenters. The highest BCUT2D eigenvalue weighted by Crippen LogP contribution is 2.40. The normalized spacial score (nSPS) is 23.3. The number of carbonyl (C=O) groups excluding carboxylic acids is 3. The van der Waals surface area contributed by atoms with E-state index in [1.54, 1.807) is 0 Å². The molecule has 1 saturated heterocycles. The molecule has 0 bridgehead atoms. The molecule has 0 aromatic carbocycles. The summed E-state index contributed by atoms with van der Waals surface area (Å²) in [6, 6.07) is -0.892. The summed E-state index contributed by atoms with van der Waals surface area (Å²) < 4.78 is 4.81. The molecule has 2 rings (SSSR count). The number of ether oxygens (including phenoxy) is 1. The minimum absolute atomic E-state index is 0.205. The fourth-order valence-corrected chi connectivity index (χ4v) is 3.65. The third-order valence-electron chi connectivity index (χ3n) is 3.20. The van der Waals surface area contributed by atoms with Crippen LogP contribution < -0.4 is 5.32 Å². The van der Waals surface area contributed by atoms with E-state index >= 15 is 0 Å². The van der Waals surface area contributed by atoms with Crippen LogP contribution in [0.15, 0.2) is 11.3 Å². The van der Waals surface area contributed by atoms with Crippen LogP contribution in [0, 0.1) is 0 Å². The molecule has 23 heavy (non-hydrogen) atoms. The predicted octanol–water partition coefficient (Wildman–Crippen LogP) is 0.0918. The summed E-state index contributed by atoms with van der Waals surface area (Å²) in [5.41, 5.74) is 0.0958. The van der Waals surface area contributed by atoms with Crippen LogP contribution in [0.5, 0.6) is 0 Å². The lowest BCUT2D eigenvalue weighted by atomic mass is 10.0. The quantitative estimate of drug-likeness (QED) is 0.393. The number of hydrogen-bond acceptors (Lipinski definition) is 6. The van der Waals surface area contributed by atoms with Gasteiger partial charge in [-0.2, -0.15) is 0 Å². The van der Waals surface area contributed by atoms with Crippen molar-refractivity contribution in [3.8, 4) is 0 Å². The number of thioether (sulfide) groups is 1. The fourth-order valence-electron chi connectivity index (χ4n) is 2.20. The first-order valence-electron chi connectivity index (χ1n) is 6.36. The number of amides is 2. The van der Waals surface area contributed by atoms with E-state index in [0.717, 1.165) is 4.90 Å². The molecular formula is C12H12Cl2N2O6S. The zero-order chi connectivity index (χ0) is 17.3. The van der Waals surface area contributed by atoms with Crippen molar-refractivity contribution in [1.29, 1.82) is 0 Å². The molecule has 0 aromatic rings. The lowest BCUT2D eigenvalue weighted by Gasteiger charge is -2.49. The van der Waals surface area contributed by atoms with Gasteiger partial charge in [0.15, 0.2) is 4.84 Å². The highest BCUT2D eigenvalue weighted by atomic mass is 35.5. The smallest absolute Gasteiger partial charge is 0.352 e. The monoisotopic (exact) mass is 382 g/mol. The molecule has 2 N–H and O–H groups in total. The number of esters is 1. The molecule has 2 aliphatic rings. The number of alkyl halides is 2. The van der Waals surface area contributed by atoms with Crippen molar-refractivity contribution in [1.82, 2.24) is 10.2 Å². The van der Waals surface area contributed by atoms with Gasteiger partial charge in [-0.25, -0.2) is 4.79 Å². The van der Waals surface area contributed by atoms with Crippen LogP contribution in [-0.4, -0.2) is 62.4 Å². The van der Waals surface area contributed by atoms with Crippen molar-refractivity contribution >= 4 is 58.7 Å². The molecule has 0 aliphatic carbocycles. The summed E-state index contributed by atoms with van der Waals surface area (Å²) in [6.07, 6.45) is 0. The topological polar surface area (TPSA) is 113 Å². The van der Waals surface area contributed by atoms with Gasteiger partial charge in [0, 0.05) is 18.2 Å². The fraction of sp³-hybridized carbons (Fsp3) is 0.500. The molecular weight excluding hydrogens is 371 g/mol. The van der Waals surface area contributed by atoms with E-state index in [-0.39, 0.29) is 18.1 Å². The second-order valence-corrected chi connectivity index (χ2v) is 6.94. The standard InChI is InChI=1S/C12H12Cl2N2O6S/c1-4(17)22-2-5-3-23-11-6(15-9(18)8(13)14)10(19)16(11)7(5)12(20)21/h6,8,11H,2-3H2,1H3,(H,15,18)(H,20,21)/t6?,11-/m1/s1. The first-order valence-corrected chi connectivity index (χ1v) is 8.28. The van der Waals surface area contributed by atoms with Crippen LogP contribution in [0.1, 0.15) is 6.92 Å². The van der Waals surface area contributed by atoms with Gasteiger partial charge in [0.1, 0.15) is 23.7 Å². The van der Waals surface area contributed by atoms with Crippen molar-refractivity contribution in [3.63, 3.8) is 0 Å². The number of carboxylic acids is 1. The van der Waals surface area contributed by atoms with Gasteiger partial charge in [-0.1, -0.05) is 23.2 Å². The second-order valence-electron chi connectivity index (χ2n) is 4.73. The Kier molecular flexibility index (Phi) is 5.43. The summed E-state index contributed by atoms with van der Waals surface area (Å²) in [6.45, 7) is 0.998. The van der Waals surface area contributed by atoms with E-state index in [1.165, 1.54) is 18.7 Å². The van der Waals surface area contributed by atoms with Gasteiger partial charge >= 0.3 is 11.9 Å². The molecule has 0 aromatic heterocycles. The number of nitrogens with zero attached hydrogens (tertiary/aromatic N) is 1. The third-order valence-corrected chi connectivity index (χ3v) is 4.93. The summed E-state index contributed by atoms with van der Waals surface area (Å²) in [7, 11) is 0. The van der Waals surface area contributed by atoms with Gasteiger partial charge in [-0.15, -0.1) is 11.8 Å². The Balaban J connectivity index is 2.18. The van der Waals surface area contributed by atoms with Crippen LogP contribution >= 0.6 is 35.0 Å². The lowest BCUT2D eigenvalue weighted by molar-refractivity contribution is -0.150. The van der Waals surface area contributed by atoms with Crippen LogP contribution in [0.4, 0.5) is 0 Å². The third kappa shape index (κ3) is 3.56. The van der Waals surface area contributed by atoms with Gasteiger partial charge < -0.3 is 15.2 Å². The average molecular weight is 383 g/mol. The first-order chi connectivity index (χ1) is 10.7. The number of fused-ring (bicyclic) bond motifs is 1. The minimum atomic E-state index is -1.32. The SMILES string of the molecule is CC(=O)OCC1=C(C(=O)O)N2C(=O)C(NC(=O)C(Cl)Cl)[C@H]2SC1. The zero-order valence-electron chi connectivity index (χ0n) is 11.7. The van der Waals surface area contributed by atoms with Gasteiger partial charge in [0.05, 0.1) is 0 Å². The molecule has 0 saturated carbocycles.